The lowest BCUT2D eigenvalue weighted by molar-refractivity contribution is 0.997. The minimum Gasteiger partial charge on any atom is -0.373 e. The van der Waals surface area contributed by atoms with Gasteiger partial charge in [0.1, 0.15) is 5.82 Å². The molecule has 2 aromatic heterocycles. The van der Waals surface area contributed by atoms with Gasteiger partial charge in [-0.05, 0) is 6.07 Å². The van der Waals surface area contributed by atoms with Crippen molar-refractivity contribution in [2.24, 2.45) is 0 Å². The van der Waals surface area contributed by atoms with E-state index in [-0.39, 0.29) is 5.56 Å². The SMILES string of the molecule is CNc1cc(=O)n2cccnc2n1. The zero-order valence-electron chi connectivity index (χ0n) is 7.06. The summed E-state index contributed by atoms with van der Waals surface area (Å²) in [4.78, 5) is 19.5. The van der Waals surface area contributed by atoms with E-state index in [9.17, 15) is 4.79 Å². The van der Waals surface area contributed by atoms with Gasteiger partial charge in [0.2, 0.25) is 5.78 Å². The van der Waals surface area contributed by atoms with E-state index in [1.807, 2.05) is 0 Å². The summed E-state index contributed by atoms with van der Waals surface area (Å²) in [5.74, 6) is 0.933. The molecule has 5 heteroatoms. The van der Waals surface area contributed by atoms with Crippen molar-refractivity contribution in [3.8, 4) is 0 Å². The maximum Gasteiger partial charge on any atom is 0.261 e. The van der Waals surface area contributed by atoms with E-state index >= 15 is 0 Å². The van der Waals surface area contributed by atoms with Gasteiger partial charge in [-0.1, -0.05) is 0 Å². The number of nitrogens with one attached hydrogen (secondary N) is 1. The van der Waals surface area contributed by atoms with Crippen LogP contribution in [0.5, 0.6) is 0 Å². The van der Waals surface area contributed by atoms with E-state index in [1.54, 1.807) is 25.5 Å². The normalized spacial score (nSPS) is 10.2. The van der Waals surface area contributed by atoms with E-state index in [0.717, 1.165) is 0 Å². The van der Waals surface area contributed by atoms with Crippen molar-refractivity contribution in [1.82, 2.24) is 14.4 Å². The Morgan fingerprint density at radius 3 is 3.15 bits per heavy atom. The largest absolute Gasteiger partial charge is 0.373 e. The van der Waals surface area contributed by atoms with Gasteiger partial charge in [-0.25, -0.2) is 4.98 Å². The van der Waals surface area contributed by atoms with Crippen LogP contribution in [-0.2, 0) is 0 Å². The third-order valence-electron chi connectivity index (χ3n) is 1.70. The molecule has 0 saturated carbocycles. The van der Waals surface area contributed by atoms with Gasteiger partial charge in [0.05, 0.1) is 0 Å². The molecule has 0 saturated heterocycles. The highest BCUT2D eigenvalue weighted by molar-refractivity contribution is 5.40. The molecule has 0 bridgehead atoms. The van der Waals surface area contributed by atoms with E-state index in [1.165, 1.54) is 10.5 Å². The molecule has 0 aromatic carbocycles. The van der Waals surface area contributed by atoms with Crippen LogP contribution in [0.15, 0.2) is 29.3 Å². The molecule has 5 nitrogen and oxygen atoms in total. The van der Waals surface area contributed by atoms with E-state index in [2.05, 4.69) is 15.3 Å². The van der Waals surface area contributed by atoms with Crippen molar-refractivity contribution in [3.63, 3.8) is 0 Å². The first-order valence-corrected chi connectivity index (χ1v) is 3.83. The molecule has 1 N–H and O–H groups in total. The summed E-state index contributed by atoms with van der Waals surface area (Å²) in [5, 5.41) is 2.80. The fraction of sp³-hybridized carbons (Fsp3) is 0.125. The van der Waals surface area contributed by atoms with E-state index in [4.69, 9.17) is 0 Å². The van der Waals surface area contributed by atoms with Crippen LogP contribution in [-0.4, -0.2) is 21.4 Å². The Bertz CT molecular complexity index is 491. The maximum atomic E-state index is 11.4. The zero-order valence-corrected chi connectivity index (χ0v) is 7.06. The Labute approximate surface area is 74.1 Å². The van der Waals surface area contributed by atoms with Gasteiger partial charge < -0.3 is 5.32 Å². The fourth-order valence-electron chi connectivity index (χ4n) is 1.07. The highest BCUT2D eigenvalue weighted by Crippen LogP contribution is 1.98. The Balaban J connectivity index is 2.85. The summed E-state index contributed by atoms with van der Waals surface area (Å²) >= 11 is 0. The number of aromatic nitrogens is 3. The van der Waals surface area contributed by atoms with Crippen LogP contribution in [0.3, 0.4) is 0 Å². The van der Waals surface area contributed by atoms with Gasteiger partial charge in [-0.15, -0.1) is 0 Å². The number of rotatable bonds is 1. The standard InChI is InChI=1S/C8H8N4O/c1-9-6-5-7(13)12-4-2-3-10-8(12)11-6/h2-5,9H,1H3. The molecule has 0 spiro atoms. The molecule has 2 heterocycles. The van der Waals surface area contributed by atoms with Crippen molar-refractivity contribution < 1.29 is 0 Å². The van der Waals surface area contributed by atoms with Crippen molar-refractivity contribution >= 4 is 11.6 Å². The monoisotopic (exact) mass is 176 g/mol. The summed E-state index contributed by atoms with van der Waals surface area (Å²) < 4.78 is 1.39. The van der Waals surface area contributed by atoms with Gasteiger partial charge in [0, 0.05) is 25.5 Å². The predicted octanol–water partition coefficient (Wildman–Crippen LogP) is 0.131. The third kappa shape index (κ3) is 1.24. The number of fused-ring (bicyclic) bond motifs is 1. The molecule has 0 fully saturated rings. The van der Waals surface area contributed by atoms with Crippen LogP contribution in [0, 0.1) is 0 Å². The summed E-state index contributed by atoms with van der Waals surface area (Å²) in [6.07, 6.45) is 3.23. The summed E-state index contributed by atoms with van der Waals surface area (Å²) in [7, 11) is 1.71. The van der Waals surface area contributed by atoms with Crippen molar-refractivity contribution in [2.75, 3.05) is 12.4 Å². The number of hydrogen-bond acceptors (Lipinski definition) is 4. The Kier molecular flexibility index (Phi) is 1.70. The second-order valence-electron chi connectivity index (χ2n) is 2.52. The van der Waals surface area contributed by atoms with E-state index < -0.39 is 0 Å². The highest BCUT2D eigenvalue weighted by atomic mass is 16.1. The molecule has 13 heavy (non-hydrogen) atoms. The first-order valence-electron chi connectivity index (χ1n) is 3.83. The Morgan fingerprint density at radius 2 is 2.38 bits per heavy atom. The fourth-order valence-corrected chi connectivity index (χ4v) is 1.07. The van der Waals surface area contributed by atoms with Crippen LogP contribution < -0.4 is 10.9 Å². The molecule has 0 radical (unpaired) electrons. The van der Waals surface area contributed by atoms with Crippen molar-refractivity contribution in [3.05, 3.63) is 34.9 Å². The maximum absolute atomic E-state index is 11.4. The molecule has 0 unspecified atom stereocenters. The average molecular weight is 176 g/mol. The zero-order chi connectivity index (χ0) is 9.26. The van der Waals surface area contributed by atoms with Crippen LogP contribution in [0.1, 0.15) is 0 Å². The first kappa shape index (κ1) is 7.72. The number of nitrogens with zero attached hydrogens (tertiary/aromatic N) is 3. The smallest absolute Gasteiger partial charge is 0.261 e. The van der Waals surface area contributed by atoms with Gasteiger partial charge in [0.25, 0.3) is 5.56 Å². The predicted molar refractivity (Wildman–Crippen MR) is 48.8 cm³/mol. The van der Waals surface area contributed by atoms with Gasteiger partial charge in [0.15, 0.2) is 0 Å². The molecule has 0 aliphatic heterocycles. The van der Waals surface area contributed by atoms with Crippen LogP contribution in [0.4, 0.5) is 5.82 Å². The first-order chi connectivity index (χ1) is 6.31. The second-order valence-corrected chi connectivity index (χ2v) is 2.52. The van der Waals surface area contributed by atoms with Crippen LogP contribution >= 0.6 is 0 Å². The minimum atomic E-state index is -0.137. The molecule has 0 aliphatic rings. The minimum absolute atomic E-state index is 0.137. The molecule has 0 amide bonds. The molecule has 0 aliphatic carbocycles. The lowest BCUT2D eigenvalue weighted by Gasteiger charge is -2.00. The molecule has 0 atom stereocenters. The molecule has 2 aromatic rings. The average Bonchev–Trinajstić information content (AvgIpc) is 2.18. The molecular weight excluding hydrogens is 168 g/mol. The lowest BCUT2D eigenvalue weighted by Crippen LogP contribution is -2.15. The quantitative estimate of drug-likeness (QED) is 0.671. The molecular formula is C8H8N4O. The van der Waals surface area contributed by atoms with Gasteiger partial charge >= 0.3 is 0 Å². The Morgan fingerprint density at radius 1 is 1.54 bits per heavy atom. The summed E-state index contributed by atoms with van der Waals surface area (Å²) in [5.41, 5.74) is -0.137. The third-order valence-corrected chi connectivity index (χ3v) is 1.70. The highest BCUT2D eigenvalue weighted by Gasteiger charge is 1.99. The lowest BCUT2D eigenvalue weighted by atomic mass is 10.5. The molecule has 2 rings (SSSR count). The Hall–Kier alpha value is -1.91. The van der Waals surface area contributed by atoms with Crippen molar-refractivity contribution in [1.29, 1.82) is 0 Å². The number of anilines is 1. The van der Waals surface area contributed by atoms with Gasteiger partial charge in [-0.3, -0.25) is 9.20 Å². The van der Waals surface area contributed by atoms with Crippen molar-refractivity contribution in [2.45, 2.75) is 0 Å². The summed E-state index contributed by atoms with van der Waals surface area (Å²) in [6.45, 7) is 0. The van der Waals surface area contributed by atoms with Gasteiger partial charge in [-0.2, -0.15) is 4.98 Å². The molecule has 66 valence electrons. The summed E-state index contributed by atoms with van der Waals surface area (Å²) in [6, 6.07) is 3.11. The second kappa shape index (κ2) is 2.85. The topological polar surface area (TPSA) is 59.3 Å². The van der Waals surface area contributed by atoms with E-state index in [0.29, 0.717) is 11.6 Å². The van der Waals surface area contributed by atoms with Crippen LogP contribution in [0.25, 0.3) is 5.78 Å². The number of hydrogen-bond donors (Lipinski definition) is 1. The van der Waals surface area contributed by atoms with Crippen LogP contribution in [0.2, 0.25) is 0 Å².